The maximum absolute atomic E-state index is 11.5. The molecule has 0 saturated carbocycles. The van der Waals surface area contributed by atoms with Crippen molar-refractivity contribution < 1.29 is 9.21 Å². The number of furan rings is 1. The zero-order valence-corrected chi connectivity index (χ0v) is 8.10. The van der Waals surface area contributed by atoms with Crippen LogP contribution in [0.5, 0.6) is 0 Å². The first-order valence-electron chi connectivity index (χ1n) is 4.47. The van der Waals surface area contributed by atoms with E-state index in [2.05, 4.69) is 20.5 Å². The van der Waals surface area contributed by atoms with Crippen molar-refractivity contribution in [2.24, 2.45) is 0 Å². The van der Waals surface area contributed by atoms with Crippen LogP contribution in [0.2, 0.25) is 0 Å². The average molecular weight is 206 g/mol. The highest BCUT2D eigenvalue weighted by Gasteiger charge is 2.14. The normalized spacial score (nSPS) is 12.3. The Hall–Kier alpha value is -2.11. The van der Waals surface area contributed by atoms with E-state index in [1.807, 2.05) is 0 Å². The number of carbonyl (C=O) groups excluding carboxylic acids is 1. The summed E-state index contributed by atoms with van der Waals surface area (Å²) in [5.41, 5.74) is 0. The minimum Gasteiger partial charge on any atom is -0.459 e. The molecule has 1 amide bonds. The molecule has 0 aromatic carbocycles. The topological polar surface area (TPSA) is 83.8 Å². The van der Waals surface area contributed by atoms with Gasteiger partial charge in [-0.3, -0.25) is 9.89 Å². The van der Waals surface area contributed by atoms with Crippen LogP contribution in [0, 0.1) is 0 Å². The fourth-order valence-electron chi connectivity index (χ4n) is 1.17. The summed E-state index contributed by atoms with van der Waals surface area (Å²) in [6.07, 6.45) is 2.85. The number of hydrogen-bond acceptors (Lipinski definition) is 4. The zero-order valence-electron chi connectivity index (χ0n) is 8.10. The van der Waals surface area contributed by atoms with E-state index in [0.29, 0.717) is 5.82 Å². The van der Waals surface area contributed by atoms with Crippen LogP contribution < -0.4 is 5.32 Å². The number of nitrogens with zero attached hydrogens (tertiary/aromatic N) is 2. The number of rotatable bonds is 3. The third kappa shape index (κ3) is 2.04. The van der Waals surface area contributed by atoms with E-state index in [0.717, 1.165) is 0 Å². The molecule has 2 N–H and O–H groups in total. The largest absolute Gasteiger partial charge is 0.459 e. The quantitative estimate of drug-likeness (QED) is 0.781. The van der Waals surface area contributed by atoms with Crippen molar-refractivity contribution in [3.63, 3.8) is 0 Å². The van der Waals surface area contributed by atoms with Crippen molar-refractivity contribution in [3.8, 4) is 0 Å². The van der Waals surface area contributed by atoms with Crippen molar-refractivity contribution >= 4 is 5.91 Å². The molecule has 1 unspecified atom stereocenters. The Bertz CT molecular complexity index is 421. The van der Waals surface area contributed by atoms with Crippen LogP contribution in [0.15, 0.2) is 29.1 Å². The minimum absolute atomic E-state index is 0.231. The molecular weight excluding hydrogens is 196 g/mol. The van der Waals surface area contributed by atoms with Crippen LogP contribution >= 0.6 is 0 Å². The summed E-state index contributed by atoms with van der Waals surface area (Å²) in [6.45, 7) is 1.81. The SMILES string of the molecule is CC(NC(=O)c1ccco1)c1ncn[nH]1. The summed E-state index contributed by atoms with van der Waals surface area (Å²) in [4.78, 5) is 15.5. The molecule has 1 atom stereocenters. The van der Waals surface area contributed by atoms with Crippen LogP contribution in [0.25, 0.3) is 0 Å². The van der Waals surface area contributed by atoms with Crippen LogP contribution in [0.1, 0.15) is 29.3 Å². The first kappa shape index (κ1) is 9.45. The summed E-state index contributed by atoms with van der Waals surface area (Å²) >= 11 is 0. The molecule has 0 spiro atoms. The van der Waals surface area contributed by atoms with Gasteiger partial charge in [-0.1, -0.05) is 0 Å². The number of nitrogens with one attached hydrogen (secondary N) is 2. The molecule has 6 heteroatoms. The summed E-state index contributed by atoms with van der Waals surface area (Å²) in [6, 6.07) is 3.03. The number of hydrogen-bond donors (Lipinski definition) is 2. The van der Waals surface area contributed by atoms with Gasteiger partial charge in [0.2, 0.25) is 0 Å². The lowest BCUT2D eigenvalue weighted by atomic mass is 10.3. The Kier molecular flexibility index (Phi) is 2.49. The van der Waals surface area contributed by atoms with Crippen LogP contribution in [0.3, 0.4) is 0 Å². The van der Waals surface area contributed by atoms with Gasteiger partial charge in [0.15, 0.2) is 5.76 Å². The van der Waals surface area contributed by atoms with Crippen LogP contribution in [-0.4, -0.2) is 21.1 Å². The summed E-state index contributed by atoms with van der Waals surface area (Å²) < 4.78 is 4.96. The molecular formula is C9H10N4O2. The Balaban J connectivity index is 2.01. The smallest absolute Gasteiger partial charge is 0.287 e. The molecule has 0 saturated heterocycles. The van der Waals surface area contributed by atoms with E-state index in [1.165, 1.54) is 12.6 Å². The van der Waals surface area contributed by atoms with Crippen molar-refractivity contribution in [2.75, 3.05) is 0 Å². The van der Waals surface area contributed by atoms with Crippen molar-refractivity contribution in [3.05, 3.63) is 36.3 Å². The molecule has 15 heavy (non-hydrogen) atoms. The second-order valence-corrected chi connectivity index (χ2v) is 3.04. The summed E-state index contributed by atoms with van der Waals surface area (Å²) in [5.74, 6) is 0.611. The molecule has 0 aliphatic carbocycles. The Morgan fingerprint density at radius 2 is 2.53 bits per heavy atom. The van der Waals surface area contributed by atoms with E-state index >= 15 is 0 Å². The highest BCUT2D eigenvalue weighted by Crippen LogP contribution is 2.07. The van der Waals surface area contributed by atoms with Gasteiger partial charge in [0, 0.05) is 0 Å². The van der Waals surface area contributed by atoms with Gasteiger partial charge in [-0.2, -0.15) is 5.10 Å². The second kappa shape index (κ2) is 3.95. The molecule has 2 aromatic heterocycles. The molecule has 0 aliphatic rings. The third-order valence-corrected chi connectivity index (χ3v) is 1.94. The van der Waals surface area contributed by atoms with Crippen molar-refractivity contribution in [1.82, 2.24) is 20.5 Å². The monoisotopic (exact) mass is 206 g/mol. The maximum atomic E-state index is 11.5. The van der Waals surface area contributed by atoms with Gasteiger partial charge in [0.05, 0.1) is 12.3 Å². The van der Waals surface area contributed by atoms with Gasteiger partial charge in [-0.25, -0.2) is 4.98 Å². The molecule has 0 bridgehead atoms. The van der Waals surface area contributed by atoms with Crippen LogP contribution in [0.4, 0.5) is 0 Å². The molecule has 0 aliphatic heterocycles. The van der Waals surface area contributed by atoms with E-state index in [4.69, 9.17) is 4.42 Å². The standard InChI is InChI=1S/C9H10N4O2/c1-6(8-10-5-11-13-8)12-9(14)7-3-2-4-15-7/h2-6H,1H3,(H,12,14)(H,10,11,13). The Morgan fingerprint density at radius 1 is 1.67 bits per heavy atom. The van der Waals surface area contributed by atoms with Gasteiger partial charge in [0.1, 0.15) is 12.2 Å². The third-order valence-electron chi connectivity index (χ3n) is 1.94. The predicted octanol–water partition coefficient (Wildman–Crippen LogP) is 0.889. The van der Waals surface area contributed by atoms with E-state index < -0.39 is 0 Å². The molecule has 78 valence electrons. The number of H-pyrrole nitrogens is 1. The number of aromatic amines is 1. The lowest BCUT2D eigenvalue weighted by Gasteiger charge is -2.08. The van der Waals surface area contributed by atoms with Gasteiger partial charge in [-0.05, 0) is 19.1 Å². The minimum atomic E-state index is -0.274. The van der Waals surface area contributed by atoms with Gasteiger partial charge in [-0.15, -0.1) is 0 Å². The first-order valence-corrected chi connectivity index (χ1v) is 4.47. The fourth-order valence-corrected chi connectivity index (χ4v) is 1.17. The van der Waals surface area contributed by atoms with Crippen LogP contribution in [-0.2, 0) is 0 Å². The van der Waals surface area contributed by atoms with Gasteiger partial charge < -0.3 is 9.73 Å². The number of amides is 1. The number of carbonyl (C=O) groups is 1. The van der Waals surface area contributed by atoms with Crippen molar-refractivity contribution in [2.45, 2.75) is 13.0 Å². The van der Waals surface area contributed by atoms with Crippen molar-refractivity contribution in [1.29, 1.82) is 0 Å². The molecule has 2 heterocycles. The maximum Gasteiger partial charge on any atom is 0.287 e. The Morgan fingerprint density at radius 3 is 3.13 bits per heavy atom. The lowest BCUT2D eigenvalue weighted by Crippen LogP contribution is -2.26. The Labute approximate surface area is 85.7 Å². The first-order chi connectivity index (χ1) is 7.27. The fraction of sp³-hybridized carbons (Fsp3) is 0.222. The lowest BCUT2D eigenvalue weighted by molar-refractivity contribution is 0.0910. The van der Waals surface area contributed by atoms with E-state index in [-0.39, 0.29) is 17.7 Å². The predicted molar refractivity (Wildman–Crippen MR) is 51.0 cm³/mol. The van der Waals surface area contributed by atoms with Gasteiger partial charge >= 0.3 is 0 Å². The van der Waals surface area contributed by atoms with E-state index in [1.54, 1.807) is 19.1 Å². The second-order valence-electron chi connectivity index (χ2n) is 3.04. The molecule has 2 rings (SSSR count). The highest BCUT2D eigenvalue weighted by atomic mass is 16.3. The zero-order chi connectivity index (χ0) is 10.7. The summed E-state index contributed by atoms with van der Waals surface area (Å²) in [5, 5.41) is 9.10. The highest BCUT2D eigenvalue weighted by molar-refractivity contribution is 5.91. The average Bonchev–Trinajstić information content (AvgIpc) is 2.91. The van der Waals surface area contributed by atoms with E-state index in [9.17, 15) is 4.79 Å². The number of aromatic nitrogens is 3. The van der Waals surface area contributed by atoms with Gasteiger partial charge in [0.25, 0.3) is 5.91 Å². The summed E-state index contributed by atoms with van der Waals surface area (Å²) in [7, 11) is 0. The molecule has 0 fully saturated rings. The molecule has 2 aromatic rings. The molecule has 6 nitrogen and oxygen atoms in total. The molecule has 0 radical (unpaired) electrons.